The minimum Gasteiger partial charge on any atom is -0.274 e. The van der Waals surface area contributed by atoms with Crippen molar-refractivity contribution in [2.45, 2.75) is 104 Å². The van der Waals surface area contributed by atoms with Gasteiger partial charge in [0.05, 0.1) is 11.8 Å². The van der Waals surface area contributed by atoms with Gasteiger partial charge in [-0.1, -0.05) is 72.6 Å². The van der Waals surface area contributed by atoms with Gasteiger partial charge in [0.25, 0.3) is 0 Å². The van der Waals surface area contributed by atoms with E-state index < -0.39 is 10.0 Å². The predicted octanol–water partition coefficient (Wildman–Crippen LogP) is 5.13. The summed E-state index contributed by atoms with van der Waals surface area (Å²) < 4.78 is 27.2. The van der Waals surface area contributed by atoms with E-state index in [1.807, 2.05) is 0 Å². The van der Waals surface area contributed by atoms with Gasteiger partial charge in [0.2, 0.25) is 15.9 Å². The Kier molecular flexibility index (Phi) is 6.01. The number of carbonyl (C=O) groups is 1. The van der Waals surface area contributed by atoms with Crippen LogP contribution in [0.5, 0.6) is 0 Å². The molecule has 3 fully saturated rings. The molecule has 2 aliphatic carbocycles. The molecular formula is C22H39NO3S. The number of nitrogens with zero attached hydrogens (tertiary/aromatic N) is 1. The third-order valence-electron chi connectivity index (χ3n) is 8.23. The predicted molar refractivity (Wildman–Crippen MR) is 110 cm³/mol. The number of amides is 1. The molecule has 1 amide bonds. The Morgan fingerprint density at radius 2 is 1.81 bits per heavy atom. The lowest BCUT2D eigenvalue weighted by Gasteiger charge is -2.37. The van der Waals surface area contributed by atoms with Crippen LogP contribution >= 0.6 is 0 Å². The van der Waals surface area contributed by atoms with Crippen LogP contribution < -0.4 is 0 Å². The van der Waals surface area contributed by atoms with E-state index in [1.165, 1.54) is 36.4 Å². The largest absolute Gasteiger partial charge is 0.274 e. The van der Waals surface area contributed by atoms with Crippen molar-refractivity contribution >= 4 is 15.9 Å². The molecule has 0 aromatic carbocycles. The first-order valence-electron chi connectivity index (χ1n) is 11.2. The van der Waals surface area contributed by atoms with E-state index >= 15 is 0 Å². The standard InChI is InChI=1S/C22H39NO3S/c1-5-6-7-8-9-10-11-17(2)14-20(24)23-19-15-18-12-13-22(19,21(18,3)4)16-27(23,25)26/h17-19H,5-16H2,1-4H3. The quantitative estimate of drug-likeness (QED) is 0.507. The summed E-state index contributed by atoms with van der Waals surface area (Å²) in [7, 11) is -3.46. The Labute approximate surface area is 166 Å². The van der Waals surface area contributed by atoms with Gasteiger partial charge in [-0.15, -0.1) is 0 Å². The van der Waals surface area contributed by atoms with Crippen LogP contribution in [0, 0.1) is 22.7 Å². The highest BCUT2D eigenvalue weighted by Crippen LogP contribution is 2.70. The average Bonchev–Trinajstić information content (AvgIpc) is 3.05. The Morgan fingerprint density at radius 3 is 2.48 bits per heavy atom. The Balaban J connectivity index is 1.57. The molecule has 1 heterocycles. The van der Waals surface area contributed by atoms with Crippen LogP contribution in [0.4, 0.5) is 0 Å². The summed E-state index contributed by atoms with van der Waals surface area (Å²) in [5.41, 5.74) is -0.168. The van der Waals surface area contributed by atoms with Crippen LogP contribution in [0.25, 0.3) is 0 Å². The number of carbonyl (C=O) groups excluding carboxylic acids is 1. The SMILES string of the molecule is CCCCCCCCC(C)CC(=O)N1C2CC3CCC2(CS1(=O)=O)C3(C)C. The summed E-state index contributed by atoms with van der Waals surface area (Å²) in [5, 5.41) is 0. The third kappa shape index (κ3) is 3.58. The van der Waals surface area contributed by atoms with Gasteiger partial charge in [-0.25, -0.2) is 12.7 Å². The normalized spacial score (nSPS) is 34.0. The number of rotatable bonds is 9. The van der Waals surface area contributed by atoms with E-state index in [4.69, 9.17) is 0 Å². The lowest BCUT2D eigenvalue weighted by molar-refractivity contribution is -0.129. The van der Waals surface area contributed by atoms with Crippen LogP contribution in [0.15, 0.2) is 0 Å². The van der Waals surface area contributed by atoms with Crippen LogP contribution in [0.3, 0.4) is 0 Å². The van der Waals surface area contributed by atoms with E-state index in [2.05, 4.69) is 27.7 Å². The molecule has 0 aromatic heterocycles. The maximum absolute atomic E-state index is 13.0. The molecule has 4 atom stereocenters. The maximum atomic E-state index is 13.0. The fourth-order valence-corrected chi connectivity index (χ4v) is 8.94. The van der Waals surface area contributed by atoms with Crippen molar-refractivity contribution in [2.24, 2.45) is 22.7 Å². The summed E-state index contributed by atoms with van der Waals surface area (Å²) in [6, 6.07) is -0.0787. The molecule has 27 heavy (non-hydrogen) atoms. The molecule has 0 radical (unpaired) electrons. The van der Waals surface area contributed by atoms with Crippen LogP contribution in [0.1, 0.15) is 98.3 Å². The Bertz CT molecular complexity index is 656. The zero-order valence-electron chi connectivity index (χ0n) is 17.8. The zero-order chi connectivity index (χ0) is 19.9. The highest BCUT2D eigenvalue weighted by atomic mass is 32.2. The molecule has 156 valence electrons. The average molecular weight is 398 g/mol. The summed E-state index contributed by atoms with van der Waals surface area (Å²) >= 11 is 0. The van der Waals surface area contributed by atoms with Gasteiger partial charge in [0.15, 0.2) is 0 Å². The molecule has 0 aromatic rings. The summed E-state index contributed by atoms with van der Waals surface area (Å²) in [6.07, 6.45) is 11.9. The fraction of sp³-hybridized carbons (Fsp3) is 0.955. The summed E-state index contributed by atoms with van der Waals surface area (Å²) in [5.74, 6) is 0.876. The molecule has 0 N–H and O–H groups in total. The second kappa shape index (κ2) is 7.68. The molecule has 1 saturated heterocycles. The number of sulfonamides is 1. The highest BCUT2D eigenvalue weighted by Gasteiger charge is 2.72. The van der Waals surface area contributed by atoms with Crippen molar-refractivity contribution in [2.75, 3.05) is 5.75 Å². The van der Waals surface area contributed by atoms with Crippen molar-refractivity contribution < 1.29 is 13.2 Å². The lowest BCUT2D eigenvalue weighted by Crippen LogP contribution is -2.44. The maximum Gasteiger partial charge on any atom is 0.238 e. The van der Waals surface area contributed by atoms with Crippen molar-refractivity contribution in [1.29, 1.82) is 0 Å². The van der Waals surface area contributed by atoms with E-state index in [1.54, 1.807) is 0 Å². The molecule has 3 rings (SSSR count). The molecule has 1 spiro atoms. The number of fused-ring (bicyclic) bond motifs is 1. The second-order valence-corrected chi connectivity index (χ2v) is 12.0. The monoisotopic (exact) mass is 397 g/mol. The third-order valence-corrected chi connectivity index (χ3v) is 10.2. The Morgan fingerprint density at radius 1 is 1.15 bits per heavy atom. The van der Waals surface area contributed by atoms with Gasteiger partial charge >= 0.3 is 0 Å². The van der Waals surface area contributed by atoms with Gasteiger partial charge in [0, 0.05) is 11.8 Å². The van der Waals surface area contributed by atoms with Crippen LogP contribution in [-0.4, -0.2) is 30.4 Å². The summed E-state index contributed by atoms with van der Waals surface area (Å²) in [6.45, 7) is 8.79. The second-order valence-electron chi connectivity index (χ2n) is 10.2. The lowest BCUT2D eigenvalue weighted by atomic mass is 9.69. The molecule has 4 nitrogen and oxygen atoms in total. The molecule has 2 bridgehead atoms. The molecule has 4 unspecified atom stereocenters. The van der Waals surface area contributed by atoms with Gasteiger partial charge in [-0.05, 0) is 36.5 Å². The zero-order valence-corrected chi connectivity index (χ0v) is 18.6. The number of hydrogen-bond donors (Lipinski definition) is 0. The summed E-state index contributed by atoms with van der Waals surface area (Å²) in [4.78, 5) is 13.0. The number of unbranched alkanes of at least 4 members (excludes halogenated alkanes) is 5. The first kappa shape index (κ1) is 21.1. The first-order valence-corrected chi connectivity index (χ1v) is 12.8. The van der Waals surface area contributed by atoms with Gasteiger partial charge in [-0.3, -0.25) is 4.79 Å². The van der Waals surface area contributed by atoms with E-state index in [0.717, 1.165) is 32.1 Å². The minimum absolute atomic E-state index is 0.0316. The van der Waals surface area contributed by atoms with E-state index in [-0.39, 0.29) is 34.4 Å². The van der Waals surface area contributed by atoms with Gasteiger partial charge in [0.1, 0.15) is 0 Å². The van der Waals surface area contributed by atoms with E-state index in [0.29, 0.717) is 12.3 Å². The molecule has 1 aliphatic heterocycles. The van der Waals surface area contributed by atoms with Crippen molar-refractivity contribution in [3.63, 3.8) is 0 Å². The molecular weight excluding hydrogens is 358 g/mol. The van der Waals surface area contributed by atoms with Crippen molar-refractivity contribution in [1.82, 2.24) is 4.31 Å². The topological polar surface area (TPSA) is 54.5 Å². The molecule has 5 heteroatoms. The fourth-order valence-electron chi connectivity index (χ4n) is 6.38. The van der Waals surface area contributed by atoms with Crippen LogP contribution in [-0.2, 0) is 14.8 Å². The first-order chi connectivity index (χ1) is 12.7. The van der Waals surface area contributed by atoms with Crippen molar-refractivity contribution in [3.8, 4) is 0 Å². The number of hydrogen-bond acceptors (Lipinski definition) is 3. The minimum atomic E-state index is -3.46. The molecule has 3 aliphatic rings. The highest BCUT2D eigenvalue weighted by molar-refractivity contribution is 7.90. The van der Waals surface area contributed by atoms with E-state index in [9.17, 15) is 13.2 Å². The Hall–Kier alpha value is -0.580. The van der Waals surface area contributed by atoms with Gasteiger partial charge < -0.3 is 0 Å². The smallest absolute Gasteiger partial charge is 0.238 e. The molecule has 2 saturated carbocycles. The van der Waals surface area contributed by atoms with Crippen LogP contribution in [0.2, 0.25) is 0 Å². The van der Waals surface area contributed by atoms with Crippen molar-refractivity contribution in [3.05, 3.63) is 0 Å². The van der Waals surface area contributed by atoms with Gasteiger partial charge in [-0.2, -0.15) is 0 Å².